The highest BCUT2D eigenvalue weighted by Gasteiger charge is 2.20. The lowest BCUT2D eigenvalue weighted by Crippen LogP contribution is -2.29. The Morgan fingerprint density at radius 2 is 1.87 bits per heavy atom. The van der Waals surface area contributed by atoms with E-state index in [1.165, 1.54) is 21.2 Å². The number of methoxy groups -OCH3 is 1. The van der Waals surface area contributed by atoms with Crippen LogP contribution in [0.3, 0.4) is 0 Å². The van der Waals surface area contributed by atoms with Crippen LogP contribution in [0.4, 0.5) is 23.0 Å². The van der Waals surface area contributed by atoms with Crippen molar-refractivity contribution in [3.05, 3.63) is 23.5 Å². The molecule has 0 spiro atoms. The second-order valence-corrected chi connectivity index (χ2v) is 8.20. The van der Waals surface area contributed by atoms with Gasteiger partial charge in [-0.2, -0.15) is 28.2 Å². The fourth-order valence-electron chi connectivity index (χ4n) is 2.60. The molecule has 1 aromatic carbocycles. The SMILES string of the molecule is CCN(CC)c1cc(NS(=O)(=O)N(C)C)c(/N=N/c2nc(C#N)c(C#N)[nH]2)cc1OC. The molecule has 31 heavy (non-hydrogen) atoms. The number of hydrogen-bond donors (Lipinski definition) is 2. The van der Waals surface area contributed by atoms with Crippen molar-refractivity contribution in [2.24, 2.45) is 10.2 Å². The minimum absolute atomic E-state index is 0.0422. The topological polar surface area (TPSA) is 163 Å². The summed E-state index contributed by atoms with van der Waals surface area (Å²) in [5, 5.41) is 26.0. The second-order valence-electron chi connectivity index (χ2n) is 6.31. The number of anilines is 2. The number of aromatic amines is 1. The molecule has 1 heterocycles. The van der Waals surface area contributed by atoms with Gasteiger partial charge in [0.25, 0.3) is 0 Å². The molecule has 0 saturated carbocycles. The first-order valence-electron chi connectivity index (χ1n) is 9.19. The molecule has 0 fully saturated rings. The van der Waals surface area contributed by atoms with Gasteiger partial charge in [-0.3, -0.25) is 4.72 Å². The molecule has 0 amide bonds. The average Bonchev–Trinajstić information content (AvgIpc) is 3.16. The molecule has 2 aromatic rings. The lowest BCUT2D eigenvalue weighted by atomic mass is 10.2. The molecule has 0 atom stereocenters. The predicted molar refractivity (Wildman–Crippen MR) is 115 cm³/mol. The summed E-state index contributed by atoms with van der Waals surface area (Å²) in [6, 6.07) is 6.75. The third-order valence-electron chi connectivity index (χ3n) is 4.28. The van der Waals surface area contributed by atoms with Crippen LogP contribution < -0.4 is 14.4 Å². The van der Waals surface area contributed by atoms with Crippen LogP contribution in [0.2, 0.25) is 0 Å². The minimum Gasteiger partial charge on any atom is -0.494 e. The fraction of sp³-hybridized carbons (Fsp3) is 0.389. The van der Waals surface area contributed by atoms with E-state index in [2.05, 4.69) is 24.9 Å². The Labute approximate surface area is 181 Å². The first-order valence-corrected chi connectivity index (χ1v) is 10.6. The summed E-state index contributed by atoms with van der Waals surface area (Å²) in [6.07, 6.45) is 0. The van der Waals surface area contributed by atoms with E-state index in [1.54, 1.807) is 24.3 Å². The zero-order valence-electron chi connectivity index (χ0n) is 17.8. The first kappa shape index (κ1) is 23.6. The third kappa shape index (κ3) is 5.28. The van der Waals surface area contributed by atoms with E-state index in [4.69, 9.17) is 15.3 Å². The number of hydrogen-bond acceptors (Lipinski definition) is 9. The molecule has 2 N–H and O–H groups in total. The van der Waals surface area contributed by atoms with Crippen LogP contribution in [0.1, 0.15) is 25.2 Å². The van der Waals surface area contributed by atoms with Crippen LogP contribution in [0.5, 0.6) is 5.75 Å². The van der Waals surface area contributed by atoms with Gasteiger partial charge in [-0.15, -0.1) is 10.2 Å². The average molecular weight is 446 g/mol. The van der Waals surface area contributed by atoms with Crippen molar-refractivity contribution in [2.45, 2.75) is 13.8 Å². The quantitative estimate of drug-likeness (QED) is 0.560. The summed E-state index contributed by atoms with van der Waals surface area (Å²) in [5.41, 5.74) is 0.859. The number of nitriles is 2. The molecular weight excluding hydrogens is 422 g/mol. The van der Waals surface area contributed by atoms with Gasteiger partial charge in [-0.05, 0) is 19.9 Å². The summed E-state index contributed by atoms with van der Waals surface area (Å²) in [6.45, 7) is 5.29. The van der Waals surface area contributed by atoms with Crippen molar-refractivity contribution in [3.63, 3.8) is 0 Å². The summed E-state index contributed by atoms with van der Waals surface area (Å²) in [7, 11) is 0.462. The molecule has 2 rings (SSSR count). The third-order valence-corrected chi connectivity index (χ3v) is 5.72. The van der Waals surface area contributed by atoms with E-state index >= 15 is 0 Å². The number of nitrogens with one attached hydrogen (secondary N) is 2. The first-order chi connectivity index (χ1) is 14.7. The van der Waals surface area contributed by atoms with Crippen molar-refractivity contribution >= 4 is 33.2 Å². The van der Waals surface area contributed by atoms with E-state index in [9.17, 15) is 8.42 Å². The number of H-pyrrole nitrogens is 1. The van der Waals surface area contributed by atoms with Crippen LogP contribution in [0.15, 0.2) is 22.4 Å². The van der Waals surface area contributed by atoms with Gasteiger partial charge in [-0.1, -0.05) is 0 Å². The Morgan fingerprint density at radius 3 is 2.35 bits per heavy atom. The number of benzene rings is 1. The highest BCUT2D eigenvalue weighted by atomic mass is 32.2. The maximum Gasteiger partial charge on any atom is 0.301 e. The smallest absolute Gasteiger partial charge is 0.301 e. The highest BCUT2D eigenvalue weighted by Crippen LogP contribution is 2.39. The molecule has 1 aromatic heterocycles. The maximum absolute atomic E-state index is 12.4. The number of ether oxygens (including phenoxy) is 1. The minimum atomic E-state index is -3.83. The normalized spacial score (nSPS) is 11.4. The van der Waals surface area contributed by atoms with E-state index < -0.39 is 10.2 Å². The van der Waals surface area contributed by atoms with E-state index in [-0.39, 0.29) is 28.7 Å². The van der Waals surface area contributed by atoms with Crippen molar-refractivity contribution in [2.75, 3.05) is 43.9 Å². The number of aromatic nitrogens is 2. The van der Waals surface area contributed by atoms with Gasteiger partial charge in [0, 0.05) is 33.3 Å². The van der Waals surface area contributed by atoms with Crippen LogP contribution in [-0.4, -0.2) is 57.0 Å². The molecule has 0 bridgehead atoms. The van der Waals surface area contributed by atoms with Crippen molar-refractivity contribution in [1.29, 1.82) is 10.5 Å². The Kier molecular flexibility index (Phi) is 7.52. The molecule has 13 heteroatoms. The van der Waals surface area contributed by atoms with E-state index in [0.29, 0.717) is 24.5 Å². The second kappa shape index (κ2) is 9.88. The number of azo groups is 1. The molecular formula is C18H23N9O3S. The maximum atomic E-state index is 12.4. The lowest BCUT2D eigenvalue weighted by molar-refractivity contribution is 0.414. The summed E-state index contributed by atoms with van der Waals surface area (Å²) < 4.78 is 33.9. The molecule has 0 aliphatic carbocycles. The summed E-state index contributed by atoms with van der Waals surface area (Å²) in [4.78, 5) is 8.45. The van der Waals surface area contributed by atoms with Crippen molar-refractivity contribution < 1.29 is 13.2 Å². The van der Waals surface area contributed by atoms with Crippen LogP contribution in [0, 0.1) is 22.7 Å². The lowest BCUT2D eigenvalue weighted by Gasteiger charge is -2.25. The number of imidazole rings is 1. The highest BCUT2D eigenvalue weighted by molar-refractivity contribution is 7.90. The zero-order valence-corrected chi connectivity index (χ0v) is 18.6. The molecule has 0 unspecified atom stereocenters. The summed E-state index contributed by atoms with van der Waals surface area (Å²) in [5.74, 6) is 0.404. The Hall–Kier alpha value is -3.68. The number of nitrogens with zero attached hydrogens (tertiary/aromatic N) is 7. The Bertz CT molecular complexity index is 1120. The van der Waals surface area contributed by atoms with E-state index in [1.807, 2.05) is 18.7 Å². The standard InChI is InChI=1S/C18H23N9O3S/c1-6-27(7-2)16-8-13(25-31(28,29)26(3)4)12(9-17(16)30-5)23-24-18-21-14(10-19)15(11-20)22-18/h8-9,25H,6-7H2,1-5H3,(H,21,22)/b24-23+. The van der Waals surface area contributed by atoms with Gasteiger partial charge in [0.05, 0.1) is 18.5 Å². The van der Waals surface area contributed by atoms with Gasteiger partial charge in [-0.25, -0.2) is 0 Å². The molecule has 0 radical (unpaired) electrons. The molecule has 12 nitrogen and oxygen atoms in total. The van der Waals surface area contributed by atoms with Crippen LogP contribution in [0.25, 0.3) is 0 Å². The molecule has 0 aliphatic rings. The predicted octanol–water partition coefficient (Wildman–Crippen LogP) is 2.64. The molecule has 164 valence electrons. The zero-order chi connectivity index (χ0) is 23.2. The molecule has 0 saturated heterocycles. The largest absolute Gasteiger partial charge is 0.494 e. The van der Waals surface area contributed by atoms with Gasteiger partial charge in [0.15, 0.2) is 11.4 Å². The van der Waals surface area contributed by atoms with Gasteiger partial charge in [0.2, 0.25) is 5.95 Å². The van der Waals surface area contributed by atoms with Crippen LogP contribution in [-0.2, 0) is 10.2 Å². The van der Waals surface area contributed by atoms with Gasteiger partial charge in [0.1, 0.15) is 23.6 Å². The van der Waals surface area contributed by atoms with Crippen LogP contribution >= 0.6 is 0 Å². The molecule has 0 aliphatic heterocycles. The fourth-order valence-corrected chi connectivity index (χ4v) is 3.22. The van der Waals surface area contributed by atoms with Gasteiger partial charge >= 0.3 is 10.2 Å². The van der Waals surface area contributed by atoms with Crippen molar-refractivity contribution in [1.82, 2.24) is 14.3 Å². The summed E-state index contributed by atoms with van der Waals surface area (Å²) >= 11 is 0. The van der Waals surface area contributed by atoms with E-state index in [0.717, 1.165) is 4.31 Å². The Morgan fingerprint density at radius 1 is 1.19 bits per heavy atom. The van der Waals surface area contributed by atoms with Gasteiger partial charge < -0.3 is 14.6 Å². The van der Waals surface area contributed by atoms with Crippen molar-refractivity contribution in [3.8, 4) is 17.9 Å². The Balaban J connectivity index is 2.62. The number of rotatable bonds is 9. The monoisotopic (exact) mass is 445 g/mol.